The third-order valence-electron chi connectivity index (χ3n) is 6.15. The number of amides is 1. The minimum absolute atomic E-state index is 0.00824. The predicted molar refractivity (Wildman–Crippen MR) is 95.6 cm³/mol. The number of carbonyl (C=O) groups is 1. The quantitative estimate of drug-likeness (QED) is 0.557. The number of nitrogens with one attached hydrogen (secondary N) is 3. The summed E-state index contributed by atoms with van der Waals surface area (Å²) >= 11 is 0. The van der Waals surface area contributed by atoms with E-state index >= 15 is 0 Å². The zero-order valence-corrected chi connectivity index (χ0v) is 14.1. The molecule has 24 heavy (non-hydrogen) atoms. The van der Waals surface area contributed by atoms with Crippen LogP contribution < -0.4 is 10.6 Å². The van der Waals surface area contributed by atoms with E-state index in [0.717, 1.165) is 30.2 Å². The fraction of sp³-hybridized carbons (Fsp3) is 0.500. The molecule has 1 aromatic carbocycles. The molecule has 0 bridgehead atoms. The molecule has 3 aliphatic carbocycles. The van der Waals surface area contributed by atoms with Gasteiger partial charge in [-0.25, -0.2) is 0 Å². The predicted octanol–water partition coefficient (Wildman–Crippen LogP) is 2.96. The van der Waals surface area contributed by atoms with Crippen LogP contribution in [-0.2, 0) is 4.79 Å². The molecule has 3 atom stereocenters. The Bertz CT molecular complexity index is 680. The summed E-state index contributed by atoms with van der Waals surface area (Å²) in [6.07, 6.45) is 7.33. The summed E-state index contributed by atoms with van der Waals surface area (Å²) in [6.45, 7) is 0. The molecule has 126 valence electrons. The minimum atomic E-state index is -0.115. The van der Waals surface area contributed by atoms with Gasteiger partial charge in [0, 0.05) is 18.8 Å². The second-order valence-electron chi connectivity index (χ2n) is 7.58. The highest BCUT2D eigenvalue weighted by atomic mass is 16.2. The Labute approximate surface area is 143 Å². The number of benzene rings is 1. The molecule has 3 aliphatic rings. The van der Waals surface area contributed by atoms with E-state index in [-0.39, 0.29) is 11.4 Å². The van der Waals surface area contributed by atoms with Crippen molar-refractivity contribution in [1.29, 1.82) is 5.41 Å². The maximum absolute atomic E-state index is 12.9. The smallest absolute Gasteiger partial charge is 0.255 e. The van der Waals surface area contributed by atoms with Crippen molar-refractivity contribution < 1.29 is 4.79 Å². The fourth-order valence-corrected chi connectivity index (χ4v) is 4.52. The lowest BCUT2D eigenvalue weighted by atomic mass is 9.91. The van der Waals surface area contributed by atoms with Crippen molar-refractivity contribution in [3.05, 3.63) is 41.5 Å². The lowest BCUT2D eigenvalue weighted by molar-refractivity contribution is -0.118. The van der Waals surface area contributed by atoms with Crippen molar-refractivity contribution in [3.63, 3.8) is 0 Å². The summed E-state index contributed by atoms with van der Waals surface area (Å²) in [5.74, 6) is 2.39. The van der Waals surface area contributed by atoms with Crippen molar-refractivity contribution in [2.75, 3.05) is 7.05 Å². The molecule has 0 spiro atoms. The van der Waals surface area contributed by atoms with Gasteiger partial charge in [0.15, 0.2) is 0 Å². The lowest BCUT2D eigenvalue weighted by Crippen LogP contribution is -2.43. The molecule has 4 nitrogen and oxygen atoms in total. The van der Waals surface area contributed by atoms with Gasteiger partial charge in [0.1, 0.15) is 0 Å². The first-order valence-corrected chi connectivity index (χ1v) is 8.97. The SMILES string of the molecule is CN/C(=C(\C=N)C(=O)NC1(C2CC3C[C@@H]3C2)CC1)c1ccccc1. The van der Waals surface area contributed by atoms with E-state index in [1.54, 1.807) is 7.05 Å². The number of carbonyl (C=O) groups excluding carboxylic acids is 1. The Hall–Kier alpha value is -2.10. The van der Waals surface area contributed by atoms with Gasteiger partial charge >= 0.3 is 0 Å². The van der Waals surface area contributed by atoms with Gasteiger partial charge in [0.2, 0.25) is 0 Å². The van der Waals surface area contributed by atoms with Crippen molar-refractivity contribution in [2.45, 2.75) is 37.6 Å². The van der Waals surface area contributed by atoms with Gasteiger partial charge in [-0.2, -0.15) is 0 Å². The Balaban J connectivity index is 1.55. The summed E-state index contributed by atoms with van der Waals surface area (Å²) in [7, 11) is 1.80. The first-order chi connectivity index (χ1) is 11.7. The molecule has 1 amide bonds. The van der Waals surface area contributed by atoms with Crippen molar-refractivity contribution in [3.8, 4) is 0 Å². The molecular weight excluding hydrogens is 298 g/mol. The van der Waals surface area contributed by atoms with Crippen LogP contribution in [0, 0.1) is 23.2 Å². The topological polar surface area (TPSA) is 65.0 Å². The van der Waals surface area contributed by atoms with Gasteiger partial charge in [0.25, 0.3) is 5.91 Å². The summed E-state index contributed by atoms with van der Waals surface area (Å²) in [6, 6.07) is 9.75. The zero-order chi connectivity index (χ0) is 16.7. The van der Waals surface area contributed by atoms with Crippen LogP contribution in [0.3, 0.4) is 0 Å². The summed E-state index contributed by atoms with van der Waals surface area (Å²) in [5.41, 5.74) is 2.07. The van der Waals surface area contributed by atoms with Crippen LogP contribution in [-0.4, -0.2) is 24.7 Å². The third kappa shape index (κ3) is 2.64. The van der Waals surface area contributed by atoms with E-state index in [2.05, 4.69) is 10.6 Å². The molecule has 4 heteroatoms. The van der Waals surface area contributed by atoms with Crippen LogP contribution in [0.5, 0.6) is 0 Å². The first kappa shape index (κ1) is 15.4. The van der Waals surface area contributed by atoms with E-state index in [1.807, 2.05) is 30.3 Å². The van der Waals surface area contributed by atoms with Crippen LogP contribution in [0.1, 0.15) is 37.7 Å². The molecule has 2 unspecified atom stereocenters. The van der Waals surface area contributed by atoms with Gasteiger partial charge in [0.05, 0.1) is 11.3 Å². The summed E-state index contributed by atoms with van der Waals surface area (Å²) in [4.78, 5) is 12.9. The largest absolute Gasteiger partial charge is 0.387 e. The van der Waals surface area contributed by atoms with Crippen molar-refractivity contribution >= 4 is 17.8 Å². The Morgan fingerprint density at radius 2 is 1.83 bits per heavy atom. The van der Waals surface area contributed by atoms with Gasteiger partial charge in [-0.05, 0) is 55.4 Å². The van der Waals surface area contributed by atoms with Gasteiger partial charge in [-0.3, -0.25) is 4.79 Å². The summed E-state index contributed by atoms with van der Waals surface area (Å²) < 4.78 is 0. The molecule has 4 rings (SSSR count). The Morgan fingerprint density at radius 1 is 1.17 bits per heavy atom. The molecule has 0 aliphatic heterocycles. The standard InChI is InChI=1S/C20H25N3O/c1-22-18(13-5-3-2-4-6-13)17(12-21)19(24)23-20(7-8-20)16-10-14-9-15(14)11-16/h2-6,12,14-16,21-22H,7-11H2,1H3,(H,23,24)/b18-17+,21-12?/t14-,15?,16?/m1/s1. The van der Waals surface area contributed by atoms with Crippen LogP contribution in [0.4, 0.5) is 0 Å². The van der Waals surface area contributed by atoms with Gasteiger partial charge in [-0.15, -0.1) is 0 Å². The van der Waals surface area contributed by atoms with Crippen LogP contribution in [0.25, 0.3) is 5.70 Å². The molecule has 1 aromatic rings. The van der Waals surface area contributed by atoms with E-state index < -0.39 is 0 Å². The lowest BCUT2D eigenvalue weighted by Gasteiger charge is -2.26. The maximum atomic E-state index is 12.9. The first-order valence-electron chi connectivity index (χ1n) is 8.97. The van der Waals surface area contributed by atoms with E-state index in [1.165, 1.54) is 25.5 Å². The monoisotopic (exact) mass is 323 g/mol. The fourth-order valence-electron chi connectivity index (χ4n) is 4.52. The number of fused-ring (bicyclic) bond motifs is 1. The second-order valence-corrected chi connectivity index (χ2v) is 7.58. The minimum Gasteiger partial charge on any atom is -0.387 e. The Kier molecular flexibility index (Phi) is 3.70. The zero-order valence-electron chi connectivity index (χ0n) is 14.1. The van der Waals surface area contributed by atoms with Gasteiger partial charge < -0.3 is 16.0 Å². The average Bonchev–Trinajstić information content (AvgIpc) is 3.52. The van der Waals surface area contributed by atoms with Crippen LogP contribution in [0.15, 0.2) is 35.9 Å². The van der Waals surface area contributed by atoms with Crippen molar-refractivity contribution in [2.24, 2.45) is 17.8 Å². The summed E-state index contributed by atoms with van der Waals surface area (Å²) in [5, 5.41) is 14.2. The van der Waals surface area contributed by atoms with Crippen LogP contribution in [0.2, 0.25) is 0 Å². The van der Waals surface area contributed by atoms with Crippen LogP contribution >= 0.6 is 0 Å². The molecule has 3 N–H and O–H groups in total. The maximum Gasteiger partial charge on any atom is 0.255 e. The highest BCUT2D eigenvalue weighted by molar-refractivity contribution is 6.17. The third-order valence-corrected chi connectivity index (χ3v) is 6.15. The number of hydrogen-bond acceptors (Lipinski definition) is 3. The van der Waals surface area contributed by atoms with E-state index in [0.29, 0.717) is 17.2 Å². The molecule has 3 saturated carbocycles. The highest BCUT2D eigenvalue weighted by Gasteiger charge is 2.58. The van der Waals surface area contributed by atoms with Gasteiger partial charge in [-0.1, -0.05) is 30.3 Å². The Morgan fingerprint density at radius 3 is 2.38 bits per heavy atom. The molecule has 0 saturated heterocycles. The number of rotatable bonds is 6. The highest BCUT2D eigenvalue weighted by Crippen LogP contribution is 2.61. The average molecular weight is 323 g/mol. The normalized spacial score (nSPS) is 30.0. The molecule has 0 heterocycles. The molecule has 0 aromatic heterocycles. The van der Waals surface area contributed by atoms with E-state index in [9.17, 15) is 4.79 Å². The second kappa shape index (κ2) is 5.76. The van der Waals surface area contributed by atoms with E-state index in [4.69, 9.17) is 5.41 Å². The number of hydrogen-bond donors (Lipinski definition) is 3. The van der Waals surface area contributed by atoms with Crippen molar-refractivity contribution in [1.82, 2.24) is 10.6 Å². The molecular formula is C20H25N3O. The molecule has 0 radical (unpaired) electrons. The molecule has 3 fully saturated rings.